The van der Waals surface area contributed by atoms with Gasteiger partial charge in [0, 0.05) is 0 Å². The summed E-state index contributed by atoms with van der Waals surface area (Å²) in [6.45, 7) is 0. The molecule has 0 rings (SSSR count). The van der Waals surface area contributed by atoms with Crippen LogP contribution in [0.5, 0.6) is 0 Å². The first-order valence-corrected chi connectivity index (χ1v) is 0. The zero-order valence-corrected chi connectivity index (χ0v) is 5.48. The van der Waals surface area contributed by atoms with Gasteiger partial charge in [0.05, 0.1) is 0 Å². The van der Waals surface area contributed by atoms with Crippen LogP contribution < -0.4 is 0 Å². The van der Waals surface area contributed by atoms with Crippen molar-refractivity contribution in [1.82, 2.24) is 0 Å². The Kier molecular flexibility index (Phi) is 210000. The van der Waals surface area contributed by atoms with Crippen LogP contribution in [0.1, 0.15) is 0 Å². The van der Waals surface area contributed by atoms with E-state index in [0.29, 0.717) is 0 Å². The van der Waals surface area contributed by atoms with Gasteiger partial charge in [0.25, 0.3) is 0 Å². The summed E-state index contributed by atoms with van der Waals surface area (Å²) in [6, 6.07) is 0. The molecular weight excluding hydrogens is 291 g/mol. The third-order valence-corrected chi connectivity index (χ3v) is 0. The Hall–Kier alpha value is 0.448. The van der Waals surface area contributed by atoms with Crippen molar-refractivity contribution < 1.29 is 53.9 Å². The molecule has 0 amide bonds. The van der Waals surface area contributed by atoms with Gasteiger partial charge < -0.3 is 32.9 Å². The first-order chi connectivity index (χ1) is 0. The monoisotopic (exact) mass is 301 g/mol. The van der Waals surface area contributed by atoms with E-state index in [-0.39, 0.29) is 53.9 Å². The second kappa shape index (κ2) is 952. The molecule has 6 nitrogen and oxygen atoms in total. The van der Waals surface area contributed by atoms with Crippen molar-refractivity contribution in [2.45, 2.75) is 0 Å². The number of hydrogen-bond donors (Lipinski definition) is 0. The zero-order chi connectivity index (χ0) is 0. The van der Waals surface area contributed by atoms with Gasteiger partial charge in [-0.15, -0.1) is 0 Å². The Labute approximate surface area is 54.6 Å². The molecule has 0 aromatic rings. The second-order valence-corrected chi connectivity index (χ2v) is 0. The summed E-state index contributed by atoms with van der Waals surface area (Å²) in [5.41, 5.74) is 0. The Morgan fingerprint density at radius 3 is 0.429 bits per heavy atom. The molecule has 54 valence electrons. The Morgan fingerprint density at radius 1 is 0.429 bits per heavy atom. The quantitative estimate of drug-likeness (QED) is 0.446. The maximum atomic E-state index is 0. The predicted molar refractivity (Wildman–Crippen MR) is 18.3 cm³/mol. The molecule has 0 unspecified atom stereocenters. The Balaban J connectivity index is 0. The van der Waals surface area contributed by atoms with Crippen LogP contribution in [0.3, 0.4) is 0 Å². The molecule has 0 atom stereocenters. The van der Waals surface area contributed by atoms with Crippen LogP contribution in [-0.2, 0) is 21.1 Å². The van der Waals surface area contributed by atoms with Gasteiger partial charge in [0.1, 0.15) is 0 Å². The average molecular weight is 301 g/mol. The molecule has 0 aliphatic rings. The molecule has 0 aromatic heterocycles. The summed E-state index contributed by atoms with van der Waals surface area (Å²) in [7, 11) is 0. The summed E-state index contributed by atoms with van der Waals surface area (Å²) >= 11 is 0. The smallest absolute Gasteiger partial charge is 0.870 e. The molecule has 10 N–H and O–H groups in total. The van der Waals surface area contributed by atoms with Gasteiger partial charge >= 0.3 is 21.1 Å². The molecule has 0 saturated carbocycles. The van der Waals surface area contributed by atoms with Gasteiger partial charge in [-0.05, 0) is 0 Å². The molecule has 0 aromatic carbocycles. The SMILES string of the molecule is O.O.O.O.[OH-].[OH-].[Pt+4]. The number of rotatable bonds is 0. The normalized spacial score (nSPS) is 0. The molecule has 0 radical (unpaired) electrons. The van der Waals surface area contributed by atoms with E-state index in [4.69, 9.17) is 0 Å². The molecular formula is H10O6Pt+2. The predicted octanol–water partition coefficient (Wildman–Crippen LogP) is -3.65. The van der Waals surface area contributed by atoms with Gasteiger partial charge in [-0.25, -0.2) is 0 Å². The molecule has 0 saturated heterocycles. The van der Waals surface area contributed by atoms with Crippen molar-refractivity contribution >= 4 is 0 Å². The fraction of sp³-hybridized carbons (Fsp3) is 0. The van der Waals surface area contributed by atoms with Crippen LogP contribution in [0.25, 0.3) is 0 Å². The summed E-state index contributed by atoms with van der Waals surface area (Å²) in [6.07, 6.45) is 0. The molecule has 0 aliphatic carbocycles. The van der Waals surface area contributed by atoms with Crippen molar-refractivity contribution in [3.8, 4) is 0 Å². The molecule has 7 heavy (non-hydrogen) atoms. The fourth-order valence-corrected chi connectivity index (χ4v) is 0. The van der Waals surface area contributed by atoms with Crippen molar-refractivity contribution in [2.75, 3.05) is 0 Å². The fourth-order valence-electron chi connectivity index (χ4n) is 0. The summed E-state index contributed by atoms with van der Waals surface area (Å²) in [5.74, 6) is 0. The summed E-state index contributed by atoms with van der Waals surface area (Å²) in [4.78, 5) is 0. The van der Waals surface area contributed by atoms with Crippen LogP contribution in [0, 0.1) is 0 Å². The topological polar surface area (TPSA) is 186 Å². The van der Waals surface area contributed by atoms with Crippen molar-refractivity contribution in [3.05, 3.63) is 0 Å². The van der Waals surface area contributed by atoms with Crippen molar-refractivity contribution in [2.24, 2.45) is 0 Å². The minimum atomic E-state index is 0. The van der Waals surface area contributed by atoms with Crippen molar-refractivity contribution in [3.63, 3.8) is 0 Å². The largest absolute Gasteiger partial charge is 4.00 e. The Bertz CT molecular complexity index is 4.14. The molecule has 0 bridgehead atoms. The molecule has 0 fully saturated rings. The van der Waals surface area contributed by atoms with Crippen LogP contribution in [0.2, 0.25) is 0 Å². The maximum absolute atomic E-state index is 0. The molecule has 0 spiro atoms. The van der Waals surface area contributed by atoms with Gasteiger partial charge in [-0.1, -0.05) is 0 Å². The van der Waals surface area contributed by atoms with E-state index in [1.54, 1.807) is 0 Å². The second-order valence-electron chi connectivity index (χ2n) is 0. The van der Waals surface area contributed by atoms with E-state index in [1.165, 1.54) is 0 Å². The zero-order valence-electron chi connectivity index (χ0n) is 3.21. The van der Waals surface area contributed by atoms with Crippen LogP contribution in [0.15, 0.2) is 0 Å². The first kappa shape index (κ1) is 1540. The van der Waals surface area contributed by atoms with Crippen LogP contribution in [-0.4, -0.2) is 32.9 Å². The standard InChI is InChI=1S/6H2O.Pt/h6*1H2;/q;;;;;;+4/p-2. The van der Waals surface area contributed by atoms with E-state index in [9.17, 15) is 0 Å². The van der Waals surface area contributed by atoms with E-state index in [2.05, 4.69) is 0 Å². The average Bonchev–Trinajstić information content (AvgIpc) is 0. The van der Waals surface area contributed by atoms with Gasteiger partial charge in [-0.3, -0.25) is 0 Å². The van der Waals surface area contributed by atoms with Crippen molar-refractivity contribution in [1.29, 1.82) is 0 Å². The third kappa shape index (κ3) is 635. The first-order valence-electron chi connectivity index (χ1n) is 0. The van der Waals surface area contributed by atoms with Crippen LogP contribution in [0.4, 0.5) is 0 Å². The Morgan fingerprint density at radius 2 is 0.429 bits per heavy atom. The van der Waals surface area contributed by atoms with Crippen LogP contribution >= 0.6 is 0 Å². The minimum absolute atomic E-state index is 0. The molecule has 7 heteroatoms. The van der Waals surface area contributed by atoms with E-state index in [1.807, 2.05) is 0 Å². The van der Waals surface area contributed by atoms with Gasteiger partial charge in [0.2, 0.25) is 0 Å². The van der Waals surface area contributed by atoms with E-state index < -0.39 is 0 Å². The van der Waals surface area contributed by atoms with Gasteiger partial charge in [-0.2, -0.15) is 0 Å². The van der Waals surface area contributed by atoms with E-state index >= 15 is 0 Å². The summed E-state index contributed by atoms with van der Waals surface area (Å²) in [5, 5.41) is 0. The molecule has 0 aliphatic heterocycles. The van der Waals surface area contributed by atoms with Gasteiger partial charge in [0.15, 0.2) is 0 Å². The minimum Gasteiger partial charge on any atom is -0.870 e. The van der Waals surface area contributed by atoms with E-state index in [0.717, 1.165) is 0 Å². The maximum Gasteiger partial charge on any atom is 4.00 e. The third-order valence-electron chi connectivity index (χ3n) is 0. The number of hydrogen-bond acceptors (Lipinski definition) is 2. The summed E-state index contributed by atoms with van der Waals surface area (Å²) < 4.78 is 0. The molecule has 0 heterocycles.